The molecule has 0 aliphatic rings. The van der Waals surface area contributed by atoms with Crippen LogP contribution in [0.15, 0.2) is 30.3 Å². The SMILES string of the molecule is CC(C)N(C(=O)C(Cl)Cl)c1ccccc1. The zero-order valence-corrected chi connectivity index (χ0v) is 10.2. The molecule has 1 amide bonds. The molecule has 0 spiro atoms. The second kappa shape index (κ2) is 5.38. The number of anilines is 1. The van der Waals surface area contributed by atoms with Crippen molar-refractivity contribution >= 4 is 34.8 Å². The van der Waals surface area contributed by atoms with Gasteiger partial charge in [-0.2, -0.15) is 0 Å². The van der Waals surface area contributed by atoms with E-state index in [2.05, 4.69) is 0 Å². The quantitative estimate of drug-likeness (QED) is 0.750. The van der Waals surface area contributed by atoms with Gasteiger partial charge in [0.2, 0.25) is 0 Å². The fraction of sp³-hybridized carbons (Fsp3) is 0.364. The number of alkyl halides is 2. The van der Waals surface area contributed by atoms with Gasteiger partial charge in [-0.15, -0.1) is 0 Å². The number of carbonyl (C=O) groups excluding carboxylic acids is 1. The Hall–Kier alpha value is -0.730. The first-order chi connectivity index (χ1) is 7.04. The van der Waals surface area contributed by atoms with Gasteiger partial charge in [0.25, 0.3) is 5.91 Å². The number of hydrogen-bond donors (Lipinski definition) is 0. The Morgan fingerprint density at radius 2 is 1.73 bits per heavy atom. The lowest BCUT2D eigenvalue weighted by Gasteiger charge is -2.27. The minimum absolute atomic E-state index is 0.0277. The Morgan fingerprint density at radius 3 is 2.13 bits per heavy atom. The minimum atomic E-state index is -1.02. The van der Waals surface area contributed by atoms with E-state index in [-0.39, 0.29) is 11.9 Å². The zero-order valence-electron chi connectivity index (χ0n) is 8.65. The topological polar surface area (TPSA) is 20.3 Å². The summed E-state index contributed by atoms with van der Waals surface area (Å²) in [6, 6.07) is 9.37. The number of amides is 1. The highest BCUT2D eigenvalue weighted by Crippen LogP contribution is 2.20. The highest BCUT2D eigenvalue weighted by atomic mass is 35.5. The van der Waals surface area contributed by atoms with Crippen LogP contribution in [0.25, 0.3) is 0 Å². The number of para-hydroxylation sites is 1. The van der Waals surface area contributed by atoms with E-state index >= 15 is 0 Å². The molecule has 0 fully saturated rings. The summed E-state index contributed by atoms with van der Waals surface area (Å²) in [6.45, 7) is 3.84. The van der Waals surface area contributed by atoms with Crippen LogP contribution in [0.4, 0.5) is 5.69 Å². The highest BCUT2D eigenvalue weighted by Gasteiger charge is 2.23. The average molecular weight is 246 g/mol. The molecule has 0 saturated carbocycles. The molecule has 0 unspecified atom stereocenters. The summed E-state index contributed by atoms with van der Waals surface area (Å²) in [5, 5.41) is 0. The second-order valence-corrected chi connectivity index (χ2v) is 4.53. The molecule has 15 heavy (non-hydrogen) atoms. The lowest BCUT2D eigenvalue weighted by Crippen LogP contribution is -2.40. The predicted molar refractivity (Wildman–Crippen MR) is 64.6 cm³/mol. The number of carbonyl (C=O) groups is 1. The van der Waals surface area contributed by atoms with Gasteiger partial charge >= 0.3 is 0 Å². The van der Waals surface area contributed by atoms with Crippen molar-refractivity contribution in [2.45, 2.75) is 24.7 Å². The Morgan fingerprint density at radius 1 is 1.20 bits per heavy atom. The molecule has 1 rings (SSSR count). The van der Waals surface area contributed by atoms with Gasteiger partial charge < -0.3 is 4.90 Å². The molecule has 0 atom stereocenters. The van der Waals surface area contributed by atoms with Crippen molar-refractivity contribution in [1.82, 2.24) is 0 Å². The third kappa shape index (κ3) is 3.11. The minimum Gasteiger partial charge on any atom is -0.308 e. The molecule has 0 aliphatic heterocycles. The van der Waals surface area contributed by atoms with Crippen LogP contribution in [0.5, 0.6) is 0 Å². The molecule has 0 bridgehead atoms. The summed E-state index contributed by atoms with van der Waals surface area (Å²) in [6.07, 6.45) is 0. The van der Waals surface area contributed by atoms with Crippen LogP contribution in [0.2, 0.25) is 0 Å². The zero-order chi connectivity index (χ0) is 11.4. The lowest BCUT2D eigenvalue weighted by atomic mass is 10.2. The van der Waals surface area contributed by atoms with E-state index in [1.807, 2.05) is 44.2 Å². The summed E-state index contributed by atoms with van der Waals surface area (Å²) >= 11 is 11.2. The smallest absolute Gasteiger partial charge is 0.260 e. The fourth-order valence-electron chi connectivity index (χ4n) is 1.37. The summed E-state index contributed by atoms with van der Waals surface area (Å²) in [7, 11) is 0. The van der Waals surface area contributed by atoms with Gasteiger partial charge in [0.1, 0.15) is 0 Å². The van der Waals surface area contributed by atoms with Gasteiger partial charge in [-0.3, -0.25) is 4.79 Å². The Kier molecular flexibility index (Phi) is 4.43. The first-order valence-corrected chi connectivity index (χ1v) is 5.57. The number of benzene rings is 1. The number of rotatable bonds is 3. The molecular weight excluding hydrogens is 233 g/mol. The molecule has 82 valence electrons. The Balaban J connectivity index is 2.99. The molecule has 1 aromatic carbocycles. The normalized spacial score (nSPS) is 10.8. The monoisotopic (exact) mass is 245 g/mol. The van der Waals surface area contributed by atoms with Gasteiger partial charge in [-0.05, 0) is 26.0 Å². The molecular formula is C11H13Cl2NO. The molecule has 0 saturated heterocycles. The van der Waals surface area contributed by atoms with Crippen LogP contribution < -0.4 is 4.90 Å². The summed E-state index contributed by atoms with van der Waals surface area (Å²) < 4.78 is 0. The van der Waals surface area contributed by atoms with Crippen molar-refractivity contribution in [2.24, 2.45) is 0 Å². The van der Waals surface area contributed by atoms with Crippen LogP contribution in [-0.2, 0) is 4.79 Å². The molecule has 0 heterocycles. The average Bonchev–Trinajstić information content (AvgIpc) is 2.18. The van der Waals surface area contributed by atoms with Crippen LogP contribution >= 0.6 is 23.2 Å². The van der Waals surface area contributed by atoms with Crippen molar-refractivity contribution in [3.63, 3.8) is 0 Å². The molecule has 0 aromatic heterocycles. The number of nitrogens with zero attached hydrogens (tertiary/aromatic N) is 1. The van der Waals surface area contributed by atoms with E-state index in [1.54, 1.807) is 4.90 Å². The van der Waals surface area contributed by atoms with Crippen LogP contribution in [-0.4, -0.2) is 16.8 Å². The van der Waals surface area contributed by atoms with Gasteiger partial charge in [-0.25, -0.2) is 0 Å². The van der Waals surface area contributed by atoms with Gasteiger partial charge in [0, 0.05) is 11.7 Å². The van der Waals surface area contributed by atoms with E-state index in [9.17, 15) is 4.79 Å². The van der Waals surface area contributed by atoms with Gasteiger partial charge in [0.05, 0.1) is 0 Å². The number of halogens is 2. The van der Waals surface area contributed by atoms with Crippen molar-refractivity contribution in [3.05, 3.63) is 30.3 Å². The second-order valence-electron chi connectivity index (χ2n) is 3.44. The number of hydrogen-bond acceptors (Lipinski definition) is 1. The van der Waals surface area contributed by atoms with E-state index in [4.69, 9.17) is 23.2 Å². The van der Waals surface area contributed by atoms with Crippen molar-refractivity contribution in [2.75, 3.05) is 4.90 Å². The predicted octanol–water partition coefficient (Wildman–Crippen LogP) is 3.23. The maximum Gasteiger partial charge on any atom is 0.260 e. The van der Waals surface area contributed by atoms with Gasteiger partial charge in [-0.1, -0.05) is 41.4 Å². The van der Waals surface area contributed by atoms with E-state index in [1.165, 1.54) is 0 Å². The van der Waals surface area contributed by atoms with Crippen LogP contribution in [0.1, 0.15) is 13.8 Å². The van der Waals surface area contributed by atoms with E-state index in [0.717, 1.165) is 5.69 Å². The summed E-state index contributed by atoms with van der Waals surface area (Å²) in [5.41, 5.74) is 0.809. The largest absolute Gasteiger partial charge is 0.308 e. The van der Waals surface area contributed by atoms with Gasteiger partial charge in [0.15, 0.2) is 4.84 Å². The van der Waals surface area contributed by atoms with Crippen molar-refractivity contribution in [3.8, 4) is 0 Å². The first kappa shape index (κ1) is 12.3. The third-order valence-corrected chi connectivity index (χ3v) is 2.35. The maximum atomic E-state index is 11.7. The standard InChI is InChI=1S/C11H13Cl2NO/c1-8(2)14(11(15)10(12)13)9-6-4-3-5-7-9/h3-8,10H,1-2H3. The molecule has 4 heteroatoms. The lowest BCUT2D eigenvalue weighted by molar-refractivity contribution is -0.117. The van der Waals surface area contributed by atoms with Crippen molar-refractivity contribution in [1.29, 1.82) is 0 Å². The first-order valence-electron chi connectivity index (χ1n) is 4.70. The van der Waals surface area contributed by atoms with E-state index in [0.29, 0.717) is 0 Å². The molecule has 0 aliphatic carbocycles. The fourth-order valence-corrected chi connectivity index (χ4v) is 1.58. The molecule has 2 nitrogen and oxygen atoms in total. The summed E-state index contributed by atoms with van der Waals surface area (Å²) in [5.74, 6) is -0.292. The maximum absolute atomic E-state index is 11.7. The molecule has 1 aromatic rings. The van der Waals surface area contributed by atoms with Crippen LogP contribution in [0, 0.1) is 0 Å². The Bertz CT molecular complexity index is 325. The Labute approximate surface area is 99.8 Å². The summed E-state index contributed by atoms with van der Waals surface area (Å²) in [4.78, 5) is 12.3. The highest BCUT2D eigenvalue weighted by molar-refractivity contribution is 6.54. The van der Waals surface area contributed by atoms with Crippen molar-refractivity contribution < 1.29 is 4.79 Å². The third-order valence-electron chi connectivity index (χ3n) is 1.97. The van der Waals surface area contributed by atoms with E-state index < -0.39 is 4.84 Å². The molecule has 0 N–H and O–H groups in total. The van der Waals surface area contributed by atoms with Crippen LogP contribution in [0.3, 0.4) is 0 Å². The molecule has 0 radical (unpaired) electrons.